The summed E-state index contributed by atoms with van der Waals surface area (Å²) in [5.74, 6) is 5.39. The number of aliphatic hydroxyl groups is 1. The standard InChI is InChI=1S/C11H19NO/c1-3-11(4-2)7-9-12-8-5-6-10-13/h7,12-13H,3-4,8-10H2,1-2H3. The van der Waals surface area contributed by atoms with E-state index in [1.807, 2.05) is 0 Å². The highest BCUT2D eigenvalue weighted by molar-refractivity contribution is 5.04. The van der Waals surface area contributed by atoms with Crippen molar-refractivity contribution >= 4 is 0 Å². The zero-order valence-corrected chi connectivity index (χ0v) is 8.56. The molecule has 0 spiro atoms. The second-order valence-corrected chi connectivity index (χ2v) is 2.71. The Hall–Kier alpha value is -0.780. The van der Waals surface area contributed by atoms with Gasteiger partial charge in [-0.15, -0.1) is 0 Å². The highest BCUT2D eigenvalue weighted by atomic mass is 16.2. The van der Waals surface area contributed by atoms with Crippen LogP contribution in [0.1, 0.15) is 26.7 Å². The van der Waals surface area contributed by atoms with Crippen molar-refractivity contribution in [1.82, 2.24) is 5.32 Å². The lowest BCUT2D eigenvalue weighted by atomic mass is 10.1. The first kappa shape index (κ1) is 12.2. The first-order valence-corrected chi connectivity index (χ1v) is 4.80. The van der Waals surface area contributed by atoms with Crippen LogP contribution in [-0.2, 0) is 0 Å². The third-order valence-corrected chi connectivity index (χ3v) is 1.86. The molecule has 0 heterocycles. The predicted molar refractivity (Wildman–Crippen MR) is 56.4 cm³/mol. The van der Waals surface area contributed by atoms with Gasteiger partial charge in [0, 0.05) is 6.54 Å². The first-order valence-electron chi connectivity index (χ1n) is 4.80. The van der Waals surface area contributed by atoms with E-state index in [-0.39, 0.29) is 6.61 Å². The molecular weight excluding hydrogens is 162 g/mol. The van der Waals surface area contributed by atoms with Gasteiger partial charge in [-0.1, -0.05) is 37.3 Å². The van der Waals surface area contributed by atoms with E-state index in [1.54, 1.807) is 0 Å². The number of allylic oxidation sites excluding steroid dienone is 1. The topological polar surface area (TPSA) is 32.3 Å². The number of hydrogen-bond acceptors (Lipinski definition) is 2. The van der Waals surface area contributed by atoms with Crippen molar-refractivity contribution in [3.8, 4) is 11.8 Å². The third-order valence-electron chi connectivity index (χ3n) is 1.86. The summed E-state index contributed by atoms with van der Waals surface area (Å²) < 4.78 is 0. The minimum Gasteiger partial charge on any atom is -0.384 e. The van der Waals surface area contributed by atoms with E-state index in [9.17, 15) is 0 Å². The quantitative estimate of drug-likeness (QED) is 0.381. The van der Waals surface area contributed by atoms with Gasteiger partial charge in [0.15, 0.2) is 0 Å². The Morgan fingerprint density at radius 1 is 1.31 bits per heavy atom. The minimum atomic E-state index is -0.0489. The summed E-state index contributed by atoms with van der Waals surface area (Å²) >= 11 is 0. The lowest BCUT2D eigenvalue weighted by Gasteiger charge is -1.99. The Morgan fingerprint density at radius 2 is 2.00 bits per heavy atom. The maximum absolute atomic E-state index is 8.37. The molecule has 0 fully saturated rings. The van der Waals surface area contributed by atoms with Gasteiger partial charge in [0.05, 0.1) is 6.54 Å². The van der Waals surface area contributed by atoms with Gasteiger partial charge in [-0.05, 0) is 12.8 Å². The minimum absolute atomic E-state index is 0.0489. The van der Waals surface area contributed by atoms with Crippen LogP contribution in [0, 0.1) is 11.8 Å². The van der Waals surface area contributed by atoms with Gasteiger partial charge in [0.1, 0.15) is 6.61 Å². The molecule has 0 saturated carbocycles. The molecule has 0 aromatic rings. The fourth-order valence-electron chi connectivity index (χ4n) is 1.01. The van der Waals surface area contributed by atoms with Gasteiger partial charge >= 0.3 is 0 Å². The Kier molecular flexibility index (Phi) is 8.75. The fraction of sp³-hybridized carbons (Fsp3) is 0.636. The second kappa shape index (κ2) is 9.31. The van der Waals surface area contributed by atoms with Crippen LogP contribution in [0.15, 0.2) is 11.6 Å². The lowest BCUT2D eigenvalue weighted by molar-refractivity contribution is 0.350. The zero-order chi connectivity index (χ0) is 9.94. The molecule has 74 valence electrons. The number of aliphatic hydroxyl groups excluding tert-OH is 1. The highest BCUT2D eigenvalue weighted by Crippen LogP contribution is 2.03. The van der Waals surface area contributed by atoms with Crippen molar-refractivity contribution in [3.63, 3.8) is 0 Å². The van der Waals surface area contributed by atoms with Crippen molar-refractivity contribution in [2.24, 2.45) is 0 Å². The van der Waals surface area contributed by atoms with Gasteiger partial charge in [-0.2, -0.15) is 0 Å². The maximum atomic E-state index is 8.37. The van der Waals surface area contributed by atoms with Crippen molar-refractivity contribution in [2.45, 2.75) is 26.7 Å². The monoisotopic (exact) mass is 181 g/mol. The average molecular weight is 181 g/mol. The molecule has 0 saturated heterocycles. The maximum Gasteiger partial charge on any atom is 0.104 e. The second-order valence-electron chi connectivity index (χ2n) is 2.71. The summed E-state index contributed by atoms with van der Waals surface area (Å²) in [6.07, 6.45) is 4.46. The zero-order valence-electron chi connectivity index (χ0n) is 8.56. The summed E-state index contributed by atoms with van der Waals surface area (Å²) in [5.41, 5.74) is 1.47. The molecule has 0 aliphatic rings. The molecule has 2 heteroatoms. The molecule has 0 unspecified atom stereocenters. The molecule has 0 aliphatic heterocycles. The van der Waals surface area contributed by atoms with Crippen LogP contribution in [0.4, 0.5) is 0 Å². The largest absolute Gasteiger partial charge is 0.384 e. The van der Waals surface area contributed by atoms with Crippen LogP contribution in [0.5, 0.6) is 0 Å². The van der Waals surface area contributed by atoms with E-state index in [2.05, 4.69) is 37.1 Å². The summed E-state index contributed by atoms with van der Waals surface area (Å²) in [4.78, 5) is 0. The van der Waals surface area contributed by atoms with Crippen LogP contribution >= 0.6 is 0 Å². The molecule has 0 amide bonds. The Morgan fingerprint density at radius 3 is 2.54 bits per heavy atom. The molecule has 0 aromatic heterocycles. The van der Waals surface area contributed by atoms with E-state index in [4.69, 9.17) is 5.11 Å². The van der Waals surface area contributed by atoms with Gasteiger partial charge in [-0.25, -0.2) is 0 Å². The van der Waals surface area contributed by atoms with Crippen molar-refractivity contribution < 1.29 is 5.11 Å². The molecule has 0 rings (SSSR count). The Labute approximate surface area is 81.0 Å². The van der Waals surface area contributed by atoms with E-state index < -0.39 is 0 Å². The molecule has 0 radical (unpaired) electrons. The van der Waals surface area contributed by atoms with Gasteiger partial charge in [0.25, 0.3) is 0 Å². The van der Waals surface area contributed by atoms with Gasteiger partial charge in [0.2, 0.25) is 0 Å². The third kappa shape index (κ3) is 7.58. The van der Waals surface area contributed by atoms with E-state index in [1.165, 1.54) is 5.57 Å². The lowest BCUT2D eigenvalue weighted by Crippen LogP contribution is -2.13. The van der Waals surface area contributed by atoms with Crippen LogP contribution in [-0.4, -0.2) is 24.8 Å². The molecule has 0 aliphatic carbocycles. The van der Waals surface area contributed by atoms with Crippen LogP contribution in [0.2, 0.25) is 0 Å². The molecule has 0 atom stereocenters. The molecular formula is C11H19NO. The average Bonchev–Trinajstić information content (AvgIpc) is 2.17. The van der Waals surface area contributed by atoms with E-state index in [0.717, 1.165) is 19.4 Å². The van der Waals surface area contributed by atoms with Crippen molar-refractivity contribution in [1.29, 1.82) is 0 Å². The van der Waals surface area contributed by atoms with Gasteiger partial charge < -0.3 is 10.4 Å². The Balaban J connectivity index is 3.48. The van der Waals surface area contributed by atoms with Crippen LogP contribution < -0.4 is 5.32 Å². The SMILES string of the molecule is CCC(=CCNCC#CCO)CC. The van der Waals surface area contributed by atoms with E-state index in [0.29, 0.717) is 6.54 Å². The normalized spacial score (nSPS) is 8.85. The number of rotatable bonds is 5. The molecule has 0 aromatic carbocycles. The highest BCUT2D eigenvalue weighted by Gasteiger charge is 1.87. The summed E-state index contributed by atoms with van der Waals surface area (Å²) in [5, 5.41) is 11.5. The van der Waals surface area contributed by atoms with Crippen LogP contribution in [0.25, 0.3) is 0 Å². The molecule has 0 bridgehead atoms. The summed E-state index contributed by atoms with van der Waals surface area (Å²) in [6, 6.07) is 0. The smallest absolute Gasteiger partial charge is 0.104 e. The first-order chi connectivity index (χ1) is 6.35. The summed E-state index contributed by atoms with van der Waals surface area (Å²) in [7, 11) is 0. The Bertz CT molecular complexity index is 192. The summed E-state index contributed by atoms with van der Waals surface area (Å²) in [6.45, 7) is 5.81. The van der Waals surface area contributed by atoms with Gasteiger partial charge in [-0.3, -0.25) is 0 Å². The fourth-order valence-corrected chi connectivity index (χ4v) is 1.01. The number of hydrogen-bond donors (Lipinski definition) is 2. The number of nitrogens with one attached hydrogen (secondary N) is 1. The molecule has 13 heavy (non-hydrogen) atoms. The molecule has 2 N–H and O–H groups in total. The molecule has 2 nitrogen and oxygen atoms in total. The van der Waals surface area contributed by atoms with E-state index >= 15 is 0 Å². The van der Waals surface area contributed by atoms with Crippen LogP contribution in [0.3, 0.4) is 0 Å². The predicted octanol–water partition coefficient (Wildman–Crippen LogP) is 1.32. The van der Waals surface area contributed by atoms with Crippen molar-refractivity contribution in [3.05, 3.63) is 11.6 Å². The van der Waals surface area contributed by atoms with Crippen molar-refractivity contribution in [2.75, 3.05) is 19.7 Å².